The van der Waals surface area contributed by atoms with E-state index in [0.717, 1.165) is 21.7 Å². The van der Waals surface area contributed by atoms with Crippen molar-refractivity contribution in [2.75, 3.05) is 4.90 Å². The lowest BCUT2D eigenvalue weighted by molar-refractivity contribution is -0.138. The molecule has 0 spiro atoms. The molecule has 1 atom stereocenters. The van der Waals surface area contributed by atoms with E-state index < -0.39 is 35.0 Å². The van der Waals surface area contributed by atoms with E-state index in [1.165, 1.54) is 38.6 Å². The summed E-state index contributed by atoms with van der Waals surface area (Å²) < 4.78 is 40.0. The molecule has 1 aromatic heterocycles. The molecule has 1 unspecified atom stereocenters. The lowest BCUT2D eigenvalue weighted by Crippen LogP contribution is -2.34. The maximum atomic E-state index is 13.0. The van der Waals surface area contributed by atoms with Gasteiger partial charge in [0.15, 0.2) is 11.9 Å². The molecule has 1 aliphatic rings. The normalized spacial score (nSPS) is 20.7. The van der Waals surface area contributed by atoms with Crippen LogP contribution in [-0.4, -0.2) is 26.5 Å². The molecule has 1 saturated heterocycles. The summed E-state index contributed by atoms with van der Waals surface area (Å²) in [6, 6.07) is 4.30. The van der Waals surface area contributed by atoms with Crippen molar-refractivity contribution in [2.45, 2.75) is 26.2 Å². The van der Waals surface area contributed by atoms with Crippen molar-refractivity contribution in [3.8, 4) is 0 Å². The van der Waals surface area contributed by atoms with Gasteiger partial charge < -0.3 is 0 Å². The number of carbonyl (C=O) groups excluding carboxylic acids is 2. The molecule has 0 bridgehead atoms. The van der Waals surface area contributed by atoms with Gasteiger partial charge in [0.2, 0.25) is 5.91 Å². The van der Waals surface area contributed by atoms with E-state index in [4.69, 9.17) is 0 Å². The van der Waals surface area contributed by atoms with Crippen molar-refractivity contribution in [1.29, 1.82) is 0 Å². The van der Waals surface area contributed by atoms with Crippen LogP contribution in [0.25, 0.3) is 0 Å². The molecule has 2 aromatic rings. The molecule has 0 saturated carbocycles. The minimum atomic E-state index is -4.55. The summed E-state index contributed by atoms with van der Waals surface area (Å²) in [7, 11) is 0. The molecule has 1 aliphatic heterocycles. The summed E-state index contributed by atoms with van der Waals surface area (Å²) in [5, 5.41) is 3.86. The Morgan fingerprint density at radius 2 is 1.92 bits per heavy atom. The van der Waals surface area contributed by atoms with Crippen molar-refractivity contribution >= 4 is 17.4 Å². The van der Waals surface area contributed by atoms with Crippen LogP contribution >= 0.6 is 0 Å². The van der Waals surface area contributed by atoms with Gasteiger partial charge in [0.1, 0.15) is 18.1 Å². The number of nitrogens with zero attached hydrogens (tertiary/aromatic N) is 4. The largest absolute Gasteiger partial charge is 0.416 e. The zero-order valence-corrected chi connectivity index (χ0v) is 12.8. The first-order valence-corrected chi connectivity index (χ1v) is 7.03. The van der Waals surface area contributed by atoms with Crippen LogP contribution in [0.3, 0.4) is 0 Å². The van der Waals surface area contributed by atoms with E-state index in [1.54, 1.807) is 0 Å². The number of Topliss-reactive ketones (excluding diaryl/α,β-unsaturated/α-hetero) is 1. The van der Waals surface area contributed by atoms with Crippen molar-refractivity contribution in [2.24, 2.45) is 5.41 Å². The Balaban J connectivity index is 2.14. The maximum absolute atomic E-state index is 13.0. The zero-order valence-electron chi connectivity index (χ0n) is 12.8. The number of amides is 1. The lowest BCUT2D eigenvalue weighted by Gasteiger charge is -2.24. The molecule has 9 heteroatoms. The molecule has 0 aliphatic carbocycles. The second-order valence-corrected chi connectivity index (χ2v) is 5.96. The highest BCUT2D eigenvalue weighted by Gasteiger charge is 2.55. The quantitative estimate of drug-likeness (QED) is 0.789. The summed E-state index contributed by atoms with van der Waals surface area (Å²) in [4.78, 5) is 30.1. The molecule has 2 heterocycles. The molecule has 0 N–H and O–H groups in total. The predicted octanol–water partition coefficient (Wildman–Crippen LogP) is 2.44. The average Bonchev–Trinajstić information content (AvgIpc) is 3.09. The number of halogens is 3. The number of hydrogen-bond acceptors (Lipinski definition) is 4. The summed E-state index contributed by atoms with van der Waals surface area (Å²) in [6.07, 6.45) is -3.29. The van der Waals surface area contributed by atoms with Crippen LogP contribution in [0.4, 0.5) is 18.9 Å². The Morgan fingerprint density at radius 3 is 2.50 bits per heavy atom. The van der Waals surface area contributed by atoms with Crippen LogP contribution in [0.1, 0.15) is 25.6 Å². The van der Waals surface area contributed by atoms with Crippen molar-refractivity contribution in [3.63, 3.8) is 0 Å². The predicted molar refractivity (Wildman–Crippen MR) is 76.8 cm³/mol. The number of carbonyl (C=O) groups is 2. The molecular weight excluding hydrogens is 325 g/mol. The van der Waals surface area contributed by atoms with E-state index >= 15 is 0 Å². The van der Waals surface area contributed by atoms with Gasteiger partial charge in [0.05, 0.1) is 5.56 Å². The van der Waals surface area contributed by atoms with Crippen LogP contribution in [0.15, 0.2) is 36.9 Å². The molecule has 126 valence electrons. The van der Waals surface area contributed by atoms with Crippen LogP contribution < -0.4 is 4.90 Å². The van der Waals surface area contributed by atoms with Gasteiger partial charge in [0.25, 0.3) is 0 Å². The third kappa shape index (κ3) is 2.36. The Labute approximate surface area is 134 Å². The van der Waals surface area contributed by atoms with Crippen LogP contribution in [-0.2, 0) is 15.8 Å². The van der Waals surface area contributed by atoms with E-state index in [2.05, 4.69) is 10.1 Å². The second kappa shape index (κ2) is 5.15. The van der Waals surface area contributed by atoms with Gasteiger partial charge in [-0.3, -0.25) is 14.5 Å². The molecule has 3 rings (SSSR count). The molecule has 0 radical (unpaired) electrons. The molecule has 1 aromatic carbocycles. The van der Waals surface area contributed by atoms with Gasteiger partial charge in [-0.25, -0.2) is 9.67 Å². The third-order valence-electron chi connectivity index (χ3n) is 3.99. The highest BCUT2D eigenvalue weighted by Crippen LogP contribution is 2.41. The topological polar surface area (TPSA) is 68.1 Å². The van der Waals surface area contributed by atoms with Gasteiger partial charge in [-0.1, -0.05) is 6.07 Å². The molecule has 24 heavy (non-hydrogen) atoms. The minimum absolute atomic E-state index is 0.0192. The fourth-order valence-corrected chi connectivity index (χ4v) is 2.63. The van der Waals surface area contributed by atoms with Crippen LogP contribution in [0.5, 0.6) is 0 Å². The fourth-order valence-electron chi connectivity index (χ4n) is 2.63. The monoisotopic (exact) mass is 338 g/mol. The first-order valence-electron chi connectivity index (χ1n) is 7.03. The molecular formula is C15H13F3N4O2. The first kappa shape index (κ1) is 16.2. The number of rotatable bonds is 2. The zero-order chi connectivity index (χ0) is 17.7. The summed E-state index contributed by atoms with van der Waals surface area (Å²) in [6.45, 7) is 2.88. The summed E-state index contributed by atoms with van der Waals surface area (Å²) in [5.41, 5.74) is -2.29. The molecule has 6 nitrogen and oxygen atoms in total. The third-order valence-corrected chi connectivity index (χ3v) is 3.99. The standard InChI is InChI=1S/C15H13F3N4O2/c1-14(2)11(23)12(21-8-19-7-20-21)22(13(14)24)10-5-3-4-9(6-10)15(16,17)18/h3-8,12H,1-2H3. The van der Waals surface area contributed by atoms with Gasteiger partial charge >= 0.3 is 6.18 Å². The van der Waals surface area contributed by atoms with E-state index in [-0.39, 0.29) is 5.69 Å². The van der Waals surface area contributed by atoms with Crippen molar-refractivity contribution < 1.29 is 22.8 Å². The smallest absolute Gasteiger partial charge is 0.294 e. The highest BCUT2D eigenvalue weighted by atomic mass is 19.4. The van der Waals surface area contributed by atoms with Gasteiger partial charge in [-0.15, -0.1) is 0 Å². The number of aromatic nitrogens is 3. The fraction of sp³-hybridized carbons (Fsp3) is 0.333. The van der Waals surface area contributed by atoms with E-state index in [9.17, 15) is 22.8 Å². The highest BCUT2D eigenvalue weighted by molar-refractivity contribution is 6.21. The van der Waals surface area contributed by atoms with Crippen LogP contribution in [0, 0.1) is 5.41 Å². The number of alkyl halides is 3. The molecule has 1 fully saturated rings. The van der Waals surface area contributed by atoms with Crippen molar-refractivity contribution in [1.82, 2.24) is 14.8 Å². The number of ketones is 1. The number of hydrogen-bond donors (Lipinski definition) is 0. The van der Waals surface area contributed by atoms with Crippen molar-refractivity contribution in [3.05, 3.63) is 42.5 Å². The number of anilines is 1. The Kier molecular flexibility index (Phi) is 3.47. The Hall–Kier alpha value is -2.71. The number of benzene rings is 1. The average molecular weight is 338 g/mol. The van der Waals surface area contributed by atoms with E-state index in [1.807, 2.05) is 0 Å². The van der Waals surface area contributed by atoms with Gasteiger partial charge in [0, 0.05) is 5.69 Å². The molecule has 1 amide bonds. The lowest BCUT2D eigenvalue weighted by atomic mass is 9.90. The van der Waals surface area contributed by atoms with E-state index in [0.29, 0.717) is 0 Å². The Bertz CT molecular complexity index is 799. The summed E-state index contributed by atoms with van der Waals surface area (Å²) in [5.74, 6) is -1.05. The first-order chi connectivity index (χ1) is 11.1. The second-order valence-electron chi connectivity index (χ2n) is 5.96. The Morgan fingerprint density at radius 1 is 1.21 bits per heavy atom. The van der Waals surface area contributed by atoms with Gasteiger partial charge in [-0.05, 0) is 32.0 Å². The summed E-state index contributed by atoms with van der Waals surface area (Å²) >= 11 is 0. The van der Waals surface area contributed by atoms with Crippen LogP contribution in [0.2, 0.25) is 0 Å². The minimum Gasteiger partial charge on any atom is -0.294 e. The SMILES string of the molecule is CC1(C)C(=O)C(n2cncn2)N(c2cccc(C(F)(F)F)c2)C1=O. The van der Waals surface area contributed by atoms with Gasteiger partial charge in [-0.2, -0.15) is 18.3 Å². The maximum Gasteiger partial charge on any atom is 0.416 e.